The highest BCUT2D eigenvalue weighted by Gasteiger charge is 2.48. The standard InChI is InChI=1S/C30H35N5O2.C19H23N3O3.C17H20N4O/c1-35-27(36)30(34-28(35)31,17-16-21-8-3-2-4-9-21)20-22-10-7-13-25(18-22)32-29(37)33-26-15-14-23-11-5-6-12-24(23)19-26;1-19(12-25-22(2)18(20)21-19)14-7-5-6-13(10-14)16-11-15(23-3)8-9-17(16)24-4;1-17(11-21(2)16(18)20-17)14-6-4-5-12(9-14)13-7-8-15(22-3)19-10-13/h2-6,8-9,11-12,14-15,19,22,25H,7,10,13,16-18,20H2,1H3,(H2,31,34)(H2,32,33,37);5-11H,12H2,1-4H3,(H2,20,21);4-10H,11H2,1-3H3,(H2,18,20)/t22-,25+,30+;;/m0../s1. The zero-order valence-corrected chi connectivity index (χ0v) is 49.3. The van der Waals surface area contributed by atoms with Crippen LogP contribution in [0.25, 0.3) is 33.0 Å². The maximum atomic E-state index is 13.3. The van der Waals surface area contributed by atoms with Gasteiger partial charge in [-0.25, -0.2) is 29.8 Å². The number of amides is 3. The van der Waals surface area contributed by atoms with Crippen LogP contribution in [0.15, 0.2) is 173 Å². The number of methoxy groups -OCH3 is 3. The molecule has 8 N–H and O–H groups in total. The van der Waals surface area contributed by atoms with Crippen LogP contribution in [0.4, 0.5) is 10.5 Å². The number of aliphatic imine (C=N–C) groups is 3. The summed E-state index contributed by atoms with van der Waals surface area (Å²) < 4.78 is 16.0. The number of hydroxylamine groups is 2. The summed E-state index contributed by atoms with van der Waals surface area (Å²) >= 11 is 0. The first-order valence-electron chi connectivity index (χ1n) is 28.4. The van der Waals surface area contributed by atoms with Crippen molar-refractivity contribution in [3.8, 4) is 39.6 Å². The minimum absolute atomic E-state index is 0.0231. The number of nitrogens with one attached hydrogen (secondary N) is 2. The van der Waals surface area contributed by atoms with Gasteiger partial charge in [0.2, 0.25) is 11.8 Å². The van der Waals surface area contributed by atoms with Gasteiger partial charge in [0.25, 0.3) is 5.91 Å². The lowest BCUT2D eigenvalue weighted by molar-refractivity contribution is -0.131. The number of rotatable bonds is 14. The Bertz CT molecular complexity index is 3540. The normalized spacial score (nSPS) is 21.9. The minimum Gasteiger partial charge on any atom is -0.497 e. The van der Waals surface area contributed by atoms with Crippen LogP contribution >= 0.6 is 0 Å². The molecule has 1 aromatic heterocycles. The average Bonchev–Trinajstić information content (AvgIpc) is 3.29. The molecule has 7 aromatic rings. The Morgan fingerprint density at radius 3 is 2.07 bits per heavy atom. The van der Waals surface area contributed by atoms with Crippen molar-refractivity contribution in [1.82, 2.24) is 25.2 Å². The van der Waals surface area contributed by atoms with Crippen LogP contribution in [0, 0.1) is 5.92 Å². The predicted molar refractivity (Wildman–Crippen MR) is 334 cm³/mol. The van der Waals surface area contributed by atoms with Crippen molar-refractivity contribution < 1.29 is 28.6 Å². The fourth-order valence-electron chi connectivity index (χ4n) is 11.5. The number of pyridine rings is 1. The number of carbonyl (C=O) groups is 2. The Hall–Kier alpha value is -9.16. The molecule has 0 bridgehead atoms. The second kappa shape index (κ2) is 26.0. The fourth-order valence-corrected chi connectivity index (χ4v) is 11.5. The number of aryl methyl sites for hydroxylation is 1. The Kier molecular flexibility index (Phi) is 18.4. The molecule has 3 amide bonds. The lowest BCUT2D eigenvalue weighted by Gasteiger charge is -2.34. The SMILES string of the molecule is CN1C(=O)[C@@](CCc2ccccc2)(C[C@H]2CCC[C@@H](NC(=O)Nc3ccc4ccccc4c3)C2)N=C1N.COc1ccc(-c2cccc(C3(C)CN(C)C(N)=N3)c2)cn1.COc1ccc(OC)c(-c2cccc(C3(C)CON(C)C(N)=N3)c2)c1. The van der Waals surface area contributed by atoms with Crippen molar-refractivity contribution in [2.45, 2.75) is 81.5 Å². The van der Waals surface area contributed by atoms with Crippen molar-refractivity contribution in [3.05, 3.63) is 175 Å². The Morgan fingerprint density at radius 2 is 1.40 bits per heavy atom. The zero-order chi connectivity index (χ0) is 59.6. The average molecular weight is 1140 g/mol. The third-order valence-corrected chi connectivity index (χ3v) is 16.3. The van der Waals surface area contributed by atoms with E-state index in [9.17, 15) is 9.59 Å². The van der Waals surface area contributed by atoms with Crippen LogP contribution in [-0.4, -0.2) is 117 Å². The van der Waals surface area contributed by atoms with Crippen molar-refractivity contribution in [3.63, 3.8) is 0 Å². The summed E-state index contributed by atoms with van der Waals surface area (Å²) in [5.74, 6) is 3.66. The Labute approximate surface area is 492 Å². The van der Waals surface area contributed by atoms with E-state index in [-0.39, 0.29) is 29.4 Å². The number of urea groups is 1. The number of guanidine groups is 3. The summed E-state index contributed by atoms with van der Waals surface area (Å²) in [6.07, 6.45) is 7.63. The zero-order valence-electron chi connectivity index (χ0n) is 49.3. The van der Waals surface area contributed by atoms with Gasteiger partial charge >= 0.3 is 6.03 Å². The number of likely N-dealkylation sites (N-methyl/N-ethyl adjacent to an activating group) is 2. The molecule has 0 spiro atoms. The summed E-state index contributed by atoms with van der Waals surface area (Å²) in [6, 6.07) is 50.2. The van der Waals surface area contributed by atoms with Gasteiger partial charge in [-0.1, -0.05) is 110 Å². The Balaban J connectivity index is 0.000000158. The number of nitrogens with zero attached hydrogens (tertiary/aromatic N) is 7. The molecule has 438 valence electrons. The molecule has 84 heavy (non-hydrogen) atoms. The van der Waals surface area contributed by atoms with Gasteiger partial charge in [-0.2, -0.15) is 0 Å². The number of anilines is 1. The molecule has 1 fully saturated rings. The van der Waals surface area contributed by atoms with Gasteiger partial charge in [0.1, 0.15) is 34.7 Å². The molecule has 5 atom stereocenters. The van der Waals surface area contributed by atoms with E-state index in [2.05, 4.69) is 75.0 Å². The quantitative estimate of drug-likeness (QED) is 0.0685. The summed E-state index contributed by atoms with van der Waals surface area (Å²) in [4.78, 5) is 53.5. The summed E-state index contributed by atoms with van der Waals surface area (Å²) in [5.41, 5.74) is 24.5. The minimum atomic E-state index is -0.839. The molecule has 6 aromatic carbocycles. The highest BCUT2D eigenvalue weighted by molar-refractivity contribution is 6.06. The van der Waals surface area contributed by atoms with Gasteiger partial charge in [-0.05, 0) is 139 Å². The van der Waals surface area contributed by atoms with Crippen LogP contribution in [-0.2, 0) is 27.1 Å². The number of hydrogen-bond donors (Lipinski definition) is 5. The van der Waals surface area contributed by atoms with Crippen LogP contribution in [0.3, 0.4) is 0 Å². The van der Waals surface area contributed by atoms with Crippen LogP contribution in [0.1, 0.15) is 69.1 Å². The third-order valence-electron chi connectivity index (χ3n) is 16.3. The van der Waals surface area contributed by atoms with E-state index < -0.39 is 11.1 Å². The first-order chi connectivity index (χ1) is 40.4. The maximum Gasteiger partial charge on any atom is 0.319 e. The number of nitrogens with two attached hydrogens (primary N) is 3. The highest BCUT2D eigenvalue weighted by atomic mass is 16.7. The topological polar surface area (TPSA) is 233 Å². The first-order valence-corrected chi connectivity index (χ1v) is 28.4. The van der Waals surface area contributed by atoms with Crippen LogP contribution < -0.4 is 42.0 Å². The van der Waals surface area contributed by atoms with E-state index in [1.807, 2.05) is 134 Å². The van der Waals surface area contributed by atoms with E-state index in [4.69, 9.17) is 41.2 Å². The number of carbonyl (C=O) groups excluding carboxylic acids is 2. The van der Waals surface area contributed by atoms with Gasteiger partial charge < -0.3 is 46.9 Å². The van der Waals surface area contributed by atoms with Gasteiger partial charge in [0, 0.05) is 62.8 Å². The maximum absolute atomic E-state index is 13.3. The smallest absolute Gasteiger partial charge is 0.319 e. The molecular formula is C66H78N12O6. The van der Waals surface area contributed by atoms with Gasteiger partial charge in [0.15, 0.2) is 11.9 Å². The Morgan fingerprint density at radius 1 is 0.690 bits per heavy atom. The largest absolute Gasteiger partial charge is 0.497 e. The molecule has 11 rings (SSSR count). The summed E-state index contributed by atoms with van der Waals surface area (Å²) in [6.45, 7) is 5.32. The summed E-state index contributed by atoms with van der Waals surface area (Å²) in [5, 5.41) is 9.86. The van der Waals surface area contributed by atoms with Gasteiger partial charge in [-0.15, -0.1) is 0 Å². The predicted octanol–water partition coefficient (Wildman–Crippen LogP) is 10.1. The molecule has 4 aliphatic rings. The second-order valence-electron chi connectivity index (χ2n) is 22.4. The molecule has 18 heteroatoms. The van der Waals surface area contributed by atoms with Crippen molar-refractivity contribution in [2.75, 3.05) is 60.9 Å². The van der Waals surface area contributed by atoms with Crippen molar-refractivity contribution >= 4 is 46.3 Å². The first kappa shape index (κ1) is 59.5. The molecule has 3 aliphatic heterocycles. The van der Waals surface area contributed by atoms with Gasteiger partial charge in [-0.3, -0.25) is 14.5 Å². The number of benzene rings is 6. The number of ether oxygens (including phenoxy) is 3. The summed E-state index contributed by atoms with van der Waals surface area (Å²) in [7, 11) is 10.3. The second-order valence-corrected chi connectivity index (χ2v) is 22.4. The number of aromatic nitrogens is 1. The lowest BCUT2D eigenvalue weighted by atomic mass is 9.75. The van der Waals surface area contributed by atoms with Crippen molar-refractivity contribution in [2.24, 2.45) is 38.1 Å². The molecular weight excluding hydrogens is 1060 g/mol. The molecule has 0 radical (unpaired) electrons. The van der Waals surface area contributed by atoms with Gasteiger partial charge in [0.05, 0.1) is 21.3 Å². The number of hydrogen-bond acceptors (Lipinski definition) is 15. The van der Waals surface area contributed by atoms with Crippen molar-refractivity contribution in [1.29, 1.82) is 0 Å². The monoisotopic (exact) mass is 1130 g/mol. The lowest BCUT2D eigenvalue weighted by Crippen LogP contribution is -2.45. The van der Waals surface area contributed by atoms with Crippen LogP contribution in [0.5, 0.6) is 17.4 Å². The molecule has 18 nitrogen and oxygen atoms in total. The molecule has 1 saturated carbocycles. The molecule has 0 saturated heterocycles. The number of fused-ring (bicyclic) bond motifs is 1. The highest BCUT2D eigenvalue weighted by Crippen LogP contribution is 2.40. The van der Waals surface area contributed by atoms with E-state index >= 15 is 0 Å². The van der Waals surface area contributed by atoms with E-state index in [1.165, 1.54) is 15.5 Å². The third kappa shape index (κ3) is 13.8. The van der Waals surface area contributed by atoms with E-state index in [0.29, 0.717) is 43.2 Å². The van der Waals surface area contributed by atoms with Crippen LogP contribution in [0.2, 0.25) is 0 Å². The molecule has 1 aliphatic carbocycles. The van der Waals surface area contributed by atoms with E-state index in [0.717, 1.165) is 100.0 Å². The molecule has 4 heterocycles. The van der Waals surface area contributed by atoms with E-state index in [1.54, 1.807) is 35.4 Å². The fraction of sp³-hybridized carbons (Fsp3) is 0.333. The molecule has 2 unspecified atom stereocenters.